The van der Waals surface area contributed by atoms with Gasteiger partial charge in [-0.05, 0) is 43.7 Å². The van der Waals surface area contributed by atoms with E-state index in [4.69, 9.17) is 4.42 Å². The monoisotopic (exact) mass is 357 g/mol. The van der Waals surface area contributed by atoms with Gasteiger partial charge in [-0.2, -0.15) is 4.98 Å². The molecule has 0 saturated carbocycles. The normalized spacial score (nSPS) is 15.7. The second kappa shape index (κ2) is 9.06. The molecule has 1 fully saturated rings. The third-order valence-electron chi connectivity index (χ3n) is 5.38. The van der Waals surface area contributed by atoms with Crippen molar-refractivity contribution in [3.63, 3.8) is 0 Å². The van der Waals surface area contributed by atoms with Crippen molar-refractivity contribution in [3.05, 3.63) is 24.3 Å². The number of hydrogen-bond acceptors (Lipinski definition) is 4. The summed E-state index contributed by atoms with van der Waals surface area (Å²) in [5.41, 5.74) is 1.75. The molecule has 2 heterocycles. The highest BCUT2D eigenvalue weighted by molar-refractivity contribution is 5.78. The summed E-state index contributed by atoms with van der Waals surface area (Å²) >= 11 is 0. The highest BCUT2D eigenvalue weighted by Gasteiger charge is 2.24. The second-order valence-corrected chi connectivity index (χ2v) is 7.41. The SMILES string of the molecule is CCCC(CCC)C(=O)NCC1CCN(c2nc3ccccc3o2)CC1. The number of benzene rings is 1. The van der Waals surface area contributed by atoms with Gasteiger partial charge in [-0.15, -0.1) is 0 Å². The number of fused-ring (bicyclic) bond motifs is 1. The number of piperidine rings is 1. The van der Waals surface area contributed by atoms with E-state index in [0.717, 1.165) is 75.3 Å². The van der Waals surface area contributed by atoms with Gasteiger partial charge < -0.3 is 14.6 Å². The minimum atomic E-state index is 0.185. The lowest BCUT2D eigenvalue weighted by Crippen LogP contribution is -2.40. The number of nitrogens with zero attached hydrogens (tertiary/aromatic N) is 2. The Kier molecular flexibility index (Phi) is 6.53. The number of anilines is 1. The van der Waals surface area contributed by atoms with Crippen LogP contribution in [0.15, 0.2) is 28.7 Å². The fourth-order valence-corrected chi connectivity index (χ4v) is 3.82. The van der Waals surface area contributed by atoms with E-state index in [2.05, 4.69) is 29.0 Å². The molecule has 1 aromatic carbocycles. The number of carbonyl (C=O) groups is 1. The van der Waals surface area contributed by atoms with Gasteiger partial charge in [-0.1, -0.05) is 38.8 Å². The van der Waals surface area contributed by atoms with Crippen molar-refractivity contribution in [1.82, 2.24) is 10.3 Å². The molecule has 1 amide bonds. The van der Waals surface area contributed by atoms with Gasteiger partial charge in [-0.25, -0.2) is 0 Å². The minimum absolute atomic E-state index is 0.185. The Morgan fingerprint density at radius 3 is 2.58 bits per heavy atom. The average Bonchev–Trinajstić information content (AvgIpc) is 3.10. The number of nitrogens with one attached hydrogen (secondary N) is 1. The smallest absolute Gasteiger partial charge is 0.298 e. The van der Waals surface area contributed by atoms with Crippen molar-refractivity contribution in [2.24, 2.45) is 11.8 Å². The largest absolute Gasteiger partial charge is 0.423 e. The molecule has 1 aliphatic heterocycles. The molecule has 2 aromatic rings. The fourth-order valence-electron chi connectivity index (χ4n) is 3.82. The lowest BCUT2D eigenvalue weighted by Gasteiger charge is -2.31. The van der Waals surface area contributed by atoms with E-state index in [-0.39, 0.29) is 11.8 Å². The maximum absolute atomic E-state index is 12.4. The van der Waals surface area contributed by atoms with Crippen molar-refractivity contribution in [2.45, 2.75) is 52.4 Å². The summed E-state index contributed by atoms with van der Waals surface area (Å²) in [6.07, 6.45) is 6.25. The van der Waals surface area contributed by atoms with Gasteiger partial charge in [0, 0.05) is 25.6 Å². The number of para-hydroxylation sites is 2. The number of amides is 1. The van der Waals surface area contributed by atoms with Gasteiger partial charge >= 0.3 is 0 Å². The number of rotatable bonds is 8. The van der Waals surface area contributed by atoms with E-state index in [1.807, 2.05) is 24.3 Å². The van der Waals surface area contributed by atoms with Gasteiger partial charge in [0.25, 0.3) is 6.01 Å². The van der Waals surface area contributed by atoms with Crippen LogP contribution in [-0.4, -0.2) is 30.5 Å². The van der Waals surface area contributed by atoms with E-state index >= 15 is 0 Å². The standard InChI is InChI=1S/C21H31N3O2/c1-3-7-17(8-4-2)20(25)22-15-16-11-13-24(14-12-16)21-23-18-9-5-6-10-19(18)26-21/h5-6,9-10,16-17H,3-4,7-8,11-15H2,1-2H3,(H,22,25). The molecular formula is C21H31N3O2. The van der Waals surface area contributed by atoms with Gasteiger partial charge in [0.05, 0.1) is 0 Å². The van der Waals surface area contributed by atoms with E-state index < -0.39 is 0 Å². The molecular weight excluding hydrogens is 326 g/mol. The Morgan fingerprint density at radius 1 is 1.23 bits per heavy atom. The topological polar surface area (TPSA) is 58.4 Å². The summed E-state index contributed by atoms with van der Waals surface area (Å²) in [5.74, 6) is 0.975. The predicted molar refractivity (Wildman–Crippen MR) is 105 cm³/mol. The van der Waals surface area contributed by atoms with Crippen LogP contribution in [0.3, 0.4) is 0 Å². The molecule has 0 radical (unpaired) electrons. The Morgan fingerprint density at radius 2 is 1.92 bits per heavy atom. The Balaban J connectivity index is 1.47. The van der Waals surface area contributed by atoms with E-state index in [9.17, 15) is 4.79 Å². The highest BCUT2D eigenvalue weighted by Crippen LogP contribution is 2.26. The number of oxazole rings is 1. The zero-order chi connectivity index (χ0) is 18.4. The predicted octanol–water partition coefficient (Wildman–Crippen LogP) is 4.38. The first kappa shape index (κ1) is 18.7. The lowest BCUT2D eigenvalue weighted by atomic mass is 9.95. The maximum atomic E-state index is 12.4. The van der Waals surface area contributed by atoms with Crippen LogP contribution >= 0.6 is 0 Å². The Labute approximate surface area is 156 Å². The second-order valence-electron chi connectivity index (χ2n) is 7.41. The first-order chi connectivity index (χ1) is 12.7. The summed E-state index contributed by atoms with van der Waals surface area (Å²) in [6.45, 7) is 6.96. The molecule has 3 rings (SSSR count). The maximum Gasteiger partial charge on any atom is 0.298 e. The molecule has 26 heavy (non-hydrogen) atoms. The van der Waals surface area contributed by atoms with Crippen molar-refractivity contribution in [1.29, 1.82) is 0 Å². The molecule has 0 bridgehead atoms. The minimum Gasteiger partial charge on any atom is -0.423 e. The van der Waals surface area contributed by atoms with Crippen LogP contribution in [0.4, 0.5) is 6.01 Å². The summed E-state index contributed by atoms with van der Waals surface area (Å²) in [6, 6.07) is 8.61. The third-order valence-corrected chi connectivity index (χ3v) is 5.38. The van der Waals surface area contributed by atoms with E-state index in [0.29, 0.717) is 5.92 Å². The summed E-state index contributed by atoms with van der Waals surface area (Å²) in [4.78, 5) is 19.2. The van der Waals surface area contributed by atoms with Crippen LogP contribution in [0.5, 0.6) is 0 Å². The first-order valence-electron chi connectivity index (χ1n) is 10.1. The van der Waals surface area contributed by atoms with Crippen LogP contribution in [0.2, 0.25) is 0 Å². The third kappa shape index (κ3) is 4.57. The molecule has 1 N–H and O–H groups in total. The average molecular weight is 357 g/mol. The lowest BCUT2D eigenvalue weighted by molar-refractivity contribution is -0.125. The van der Waals surface area contributed by atoms with Crippen molar-refractivity contribution < 1.29 is 9.21 Å². The zero-order valence-electron chi connectivity index (χ0n) is 16.0. The number of carbonyl (C=O) groups excluding carboxylic acids is 1. The van der Waals surface area contributed by atoms with Crippen molar-refractivity contribution in [3.8, 4) is 0 Å². The van der Waals surface area contributed by atoms with Gasteiger partial charge in [0.15, 0.2) is 5.58 Å². The molecule has 142 valence electrons. The van der Waals surface area contributed by atoms with E-state index in [1.54, 1.807) is 0 Å². The summed E-state index contributed by atoms with van der Waals surface area (Å²) < 4.78 is 5.87. The van der Waals surface area contributed by atoms with Crippen LogP contribution < -0.4 is 10.2 Å². The van der Waals surface area contributed by atoms with Gasteiger partial charge in [0.1, 0.15) is 5.52 Å². The van der Waals surface area contributed by atoms with Crippen LogP contribution in [-0.2, 0) is 4.79 Å². The number of hydrogen-bond donors (Lipinski definition) is 1. The van der Waals surface area contributed by atoms with Crippen LogP contribution in [0.25, 0.3) is 11.1 Å². The molecule has 0 spiro atoms. The zero-order valence-corrected chi connectivity index (χ0v) is 16.0. The molecule has 1 aliphatic rings. The van der Waals surface area contributed by atoms with Crippen molar-refractivity contribution in [2.75, 3.05) is 24.5 Å². The summed E-state index contributed by atoms with van der Waals surface area (Å²) in [5, 5.41) is 3.20. The fraction of sp³-hybridized carbons (Fsp3) is 0.619. The molecule has 5 heteroatoms. The molecule has 0 aliphatic carbocycles. The van der Waals surface area contributed by atoms with E-state index in [1.165, 1.54) is 0 Å². The van der Waals surface area contributed by atoms with Gasteiger partial charge in [-0.3, -0.25) is 4.79 Å². The van der Waals surface area contributed by atoms with Crippen molar-refractivity contribution >= 4 is 23.0 Å². The molecule has 0 unspecified atom stereocenters. The highest BCUT2D eigenvalue weighted by atomic mass is 16.4. The molecule has 1 aromatic heterocycles. The number of aromatic nitrogens is 1. The summed E-state index contributed by atoms with van der Waals surface area (Å²) in [7, 11) is 0. The van der Waals surface area contributed by atoms with Crippen LogP contribution in [0.1, 0.15) is 52.4 Å². The Bertz CT molecular complexity index is 665. The van der Waals surface area contributed by atoms with Crippen LogP contribution in [0, 0.1) is 11.8 Å². The molecule has 1 saturated heterocycles. The quantitative estimate of drug-likeness (QED) is 0.762. The van der Waals surface area contributed by atoms with Gasteiger partial charge in [0.2, 0.25) is 5.91 Å². The molecule has 0 atom stereocenters. The first-order valence-corrected chi connectivity index (χ1v) is 10.1. The Hall–Kier alpha value is -2.04. The molecule has 5 nitrogen and oxygen atoms in total.